The monoisotopic (exact) mass is 391 g/mol. The van der Waals surface area contributed by atoms with E-state index in [-0.39, 0.29) is 5.91 Å². The van der Waals surface area contributed by atoms with Gasteiger partial charge in [-0.05, 0) is 49.2 Å². The number of rotatable bonds is 7. The second-order valence-corrected chi connectivity index (χ2v) is 6.92. The van der Waals surface area contributed by atoms with Crippen LogP contribution in [0.15, 0.2) is 46.9 Å². The summed E-state index contributed by atoms with van der Waals surface area (Å²) in [6.45, 7) is 5.77. The van der Waals surface area contributed by atoms with E-state index in [9.17, 15) is 4.79 Å². The van der Waals surface area contributed by atoms with Crippen LogP contribution in [0.5, 0.6) is 5.75 Å². The fraction of sp³-hybridized carbons (Fsp3) is 0.316. The maximum atomic E-state index is 12.2. The Labute approximate surface area is 151 Å². The molecule has 0 saturated carbocycles. The molecule has 0 heterocycles. The highest BCUT2D eigenvalue weighted by Gasteiger charge is 2.11. The van der Waals surface area contributed by atoms with Crippen molar-refractivity contribution in [1.82, 2.24) is 0 Å². The summed E-state index contributed by atoms with van der Waals surface area (Å²) in [5.74, 6) is 0.911. The van der Waals surface area contributed by atoms with E-state index in [1.54, 1.807) is 0 Å². The van der Waals surface area contributed by atoms with Crippen LogP contribution < -0.4 is 15.0 Å². The van der Waals surface area contributed by atoms with Crippen LogP contribution >= 0.6 is 15.9 Å². The lowest BCUT2D eigenvalue weighted by molar-refractivity contribution is -0.871. The summed E-state index contributed by atoms with van der Waals surface area (Å²) in [5, 5.41) is 2.96. The Balaban J connectivity index is 1.76. The number of anilines is 1. The first kappa shape index (κ1) is 18.5. The molecule has 2 aromatic carbocycles. The van der Waals surface area contributed by atoms with Crippen molar-refractivity contribution in [2.24, 2.45) is 0 Å². The van der Waals surface area contributed by atoms with Gasteiger partial charge in [0, 0.05) is 10.2 Å². The van der Waals surface area contributed by atoms with Crippen molar-refractivity contribution in [2.75, 3.05) is 32.1 Å². The van der Waals surface area contributed by atoms with Crippen LogP contribution in [0.4, 0.5) is 5.69 Å². The van der Waals surface area contributed by atoms with Crippen LogP contribution in [0.1, 0.15) is 11.1 Å². The van der Waals surface area contributed by atoms with Gasteiger partial charge in [0.25, 0.3) is 5.91 Å². The predicted molar refractivity (Wildman–Crippen MR) is 101 cm³/mol. The Kier molecular flexibility index (Phi) is 6.82. The molecule has 0 aliphatic carbocycles. The molecule has 0 radical (unpaired) electrons. The van der Waals surface area contributed by atoms with E-state index < -0.39 is 0 Å². The second-order valence-electron chi connectivity index (χ2n) is 6.01. The van der Waals surface area contributed by atoms with Crippen LogP contribution in [0, 0.1) is 13.8 Å². The number of quaternary nitrogens is 1. The van der Waals surface area contributed by atoms with E-state index in [0.29, 0.717) is 13.2 Å². The summed E-state index contributed by atoms with van der Waals surface area (Å²) in [5.41, 5.74) is 3.02. The summed E-state index contributed by atoms with van der Waals surface area (Å²) in [6.07, 6.45) is 0. The number of likely N-dealkylation sites (N-methyl/N-ethyl adjacent to an activating group) is 1. The Morgan fingerprint density at radius 3 is 2.62 bits per heavy atom. The molecule has 0 spiro atoms. The molecule has 2 aromatic rings. The minimum Gasteiger partial charge on any atom is -0.487 e. The zero-order valence-corrected chi connectivity index (χ0v) is 15.9. The van der Waals surface area contributed by atoms with Gasteiger partial charge in [-0.3, -0.25) is 4.79 Å². The van der Waals surface area contributed by atoms with Gasteiger partial charge in [-0.2, -0.15) is 0 Å². The highest BCUT2D eigenvalue weighted by Crippen LogP contribution is 2.19. The second kappa shape index (κ2) is 8.85. The number of hydrogen-bond donors (Lipinski definition) is 2. The van der Waals surface area contributed by atoms with E-state index in [1.807, 2.05) is 63.4 Å². The van der Waals surface area contributed by atoms with Crippen LogP contribution in [-0.4, -0.2) is 32.7 Å². The summed E-state index contributed by atoms with van der Waals surface area (Å²) in [7, 11) is 2.00. The fourth-order valence-electron chi connectivity index (χ4n) is 2.38. The summed E-state index contributed by atoms with van der Waals surface area (Å²) in [6, 6.07) is 13.8. The molecule has 1 atom stereocenters. The molecular weight excluding hydrogens is 368 g/mol. The molecule has 0 saturated heterocycles. The first-order chi connectivity index (χ1) is 11.5. The zero-order valence-electron chi connectivity index (χ0n) is 14.4. The van der Waals surface area contributed by atoms with Crippen molar-refractivity contribution in [1.29, 1.82) is 0 Å². The minimum atomic E-state index is 0.00816. The fourth-order valence-corrected chi connectivity index (χ4v) is 2.85. The van der Waals surface area contributed by atoms with Crippen LogP contribution in [-0.2, 0) is 4.79 Å². The predicted octanol–water partition coefficient (Wildman–Crippen LogP) is 2.60. The SMILES string of the molecule is Cc1cc(Br)ccc1NC(=O)C[NH+](C)CCOc1ccccc1C. The van der Waals surface area contributed by atoms with Crippen LogP contribution in [0.2, 0.25) is 0 Å². The number of para-hydroxylation sites is 1. The number of carbonyl (C=O) groups is 1. The van der Waals surface area contributed by atoms with Gasteiger partial charge in [0.1, 0.15) is 18.9 Å². The van der Waals surface area contributed by atoms with Gasteiger partial charge < -0.3 is 15.0 Å². The van der Waals surface area contributed by atoms with Crippen LogP contribution in [0.3, 0.4) is 0 Å². The lowest BCUT2D eigenvalue weighted by atomic mass is 10.2. The lowest BCUT2D eigenvalue weighted by Crippen LogP contribution is -3.10. The van der Waals surface area contributed by atoms with Gasteiger partial charge in [0.15, 0.2) is 6.54 Å². The first-order valence-corrected chi connectivity index (χ1v) is 8.80. The Bertz CT molecular complexity index is 704. The third kappa shape index (κ3) is 5.65. The molecule has 0 bridgehead atoms. The molecule has 1 amide bonds. The maximum Gasteiger partial charge on any atom is 0.279 e. The number of ether oxygens (including phenoxy) is 1. The Morgan fingerprint density at radius 2 is 1.92 bits per heavy atom. The van der Waals surface area contributed by atoms with Gasteiger partial charge in [-0.25, -0.2) is 0 Å². The molecule has 5 heteroatoms. The minimum absolute atomic E-state index is 0.00816. The normalized spacial score (nSPS) is 11.8. The standard InChI is InChI=1S/C19H23BrN2O2/c1-14-6-4-5-7-18(14)24-11-10-22(3)13-19(23)21-17-9-8-16(20)12-15(17)2/h4-9,12H,10-11,13H2,1-3H3,(H,21,23)/p+1. The zero-order chi connectivity index (χ0) is 17.5. The highest BCUT2D eigenvalue weighted by molar-refractivity contribution is 9.10. The molecule has 2 rings (SSSR count). The van der Waals surface area contributed by atoms with E-state index in [4.69, 9.17) is 4.74 Å². The highest BCUT2D eigenvalue weighted by atomic mass is 79.9. The molecular formula is C19H24BrN2O2+. The number of hydrogen-bond acceptors (Lipinski definition) is 2. The van der Waals surface area contributed by atoms with Crippen molar-refractivity contribution in [3.63, 3.8) is 0 Å². The van der Waals surface area contributed by atoms with Gasteiger partial charge in [0.05, 0.1) is 7.05 Å². The van der Waals surface area contributed by atoms with Gasteiger partial charge in [0.2, 0.25) is 0 Å². The molecule has 0 fully saturated rings. The lowest BCUT2D eigenvalue weighted by Gasteiger charge is -2.15. The van der Waals surface area contributed by atoms with Crippen molar-refractivity contribution >= 4 is 27.5 Å². The average Bonchev–Trinajstić information content (AvgIpc) is 2.52. The number of aryl methyl sites for hydroxylation is 2. The number of benzene rings is 2. The summed E-state index contributed by atoms with van der Waals surface area (Å²) < 4.78 is 6.79. The molecule has 128 valence electrons. The quantitative estimate of drug-likeness (QED) is 0.761. The third-order valence-corrected chi connectivity index (χ3v) is 4.30. The Morgan fingerprint density at radius 1 is 1.17 bits per heavy atom. The van der Waals surface area contributed by atoms with Crippen LogP contribution in [0.25, 0.3) is 0 Å². The third-order valence-electron chi connectivity index (χ3n) is 3.80. The largest absolute Gasteiger partial charge is 0.487 e. The van der Waals surface area contributed by atoms with Crippen molar-refractivity contribution in [2.45, 2.75) is 13.8 Å². The molecule has 4 nitrogen and oxygen atoms in total. The Hall–Kier alpha value is -1.85. The molecule has 0 aliphatic rings. The van der Waals surface area contributed by atoms with E-state index >= 15 is 0 Å². The van der Waals surface area contributed by atoms with Gasteiger partial charge in [-0.1, -0.05) is 34.1 Å². The first-order valence-electron chi connectivity index (χ1n) is 8.01. The van der Waals surface area contributed by atoms with E-state index in [2.05, 4.69) is 21.2 Å². The maximum absolute atomic E-state index is 12.2. The molecule has 0 aliphatic heterocycles. The van der Waals surface area contributed by atoms with E-state index in [0.717, 1.165) is 38.5 Å². The number of carbonyl (C=O) groups excluding carboxylic acids is 1. The van der Waals surface area contributed by atoms with Crippen molar-refractivity contribution < 1.29 is 14.4 Å². The number of nitrogens with one attached hydrogen (secondary N) is 2. The number of amides is 1. The smallest absolute Gasteiger partial charge is 0.279 e. The van der Waals surface area contributed by atoms with Gasteiger partial charge >= 0.3 is 0 Å². The van der Waals surface area contributed by atoms with Gasteiger partial charge in [-0.15, -0.1) is 0 Å². The molecule has 1 unspecified atom stereocenters. The number of halogens is 1. The average molecular weight is 392 g/mol. The van der Waals surface area contributed by atoms with Crippen molar-refractivity contribution in [3.8, 4) is 5.75 Å². The molecule has 0 aromatic heterocycles. The topological polar surface area (TPSA) is 42.8 Å². The summed E-state index contributed by atoms with van der Waals surface area (Å²) in [4.78, 5) is 13.3. The van der Waals surface area contributed by atoms with E-state index in [1.165, 1.54) is 0 Å². The van der Waals surface area contributed by atoms with Crippen molar-refractivity contribution in [3.05, 3.63) is 58.1 Å². The molecule has 2 N–H and O–H groups in total. The summed E-state index contributed by atoms with van der Waals surface area (Å²) >= 11 is 3.42. The molecule has 24 heavy (non-hydrogen) atoms.